The van der Waals surface area contributed by atoms with Crippen LogP contribution in [0.4, 0.5) is 4.79 Å². The highest BCUT2D eigenvalue weighted by Crippen LogP contribution is 2.34. The van der Waals surface area contributed by atoms with Crippen molar-refractivity contribution in [2.75, 3.05) is 38.2 Å². The third kappa shape index (κ3) is 8.40. The Bertz CT molecular complexity index is 1210. The van der Waals surface area contributed by atoms with Crippen molar-refractivity contribution in [2.24, 2.45) is 0 Å². The fourth-order valence-corrected chi connectivity index (χ4v) is 4.03. The van der Waals surface area contributed by atoms with Gasteiger partial charge in [-0.1, -0.05) is 12.1 Å². The molecule has 2 heterocycles. The molecule has 0 saturated heterocycles. The Morgan fingerprint density at radius 3 is 2.41 bits per heavy atom. The molecule has 0 radical (unpaired) electrons. The maximum atomic E-state index is 12.3. The molecule has 1 unspecified atom stereocenters. The van der Waals surface area contributed by atoms with E-state index in [0.29, 0.717) is 30.4 Å². The SMILES string of the molecule is COC(=O)C(NC(=O)OC(C)(C)C)c1ccc(Oc2ccnc3c2ccn3COCCS(C)(C)C)cc1. The fraction of sp³-hybridized carbons (Fsp3) is 0.444. The fourth-order valence-electron chi connectivity index (χ4n) is 3.41. The van der Waals surface area contributed by atoms with Crippen molar-refractivity contribution in [1.82, 2.24) is 14.9 Å². The van der Waals surface area contributed by atoms with E-state index < -0.39 is 33.7 Å². The van der Waals surface area contributed by atoms with Crippen LogP contribution in [-0.4, -0.2) is 65.5 Å². The molecule has 1 aromatic carbocycles. The van der Waals surface area contributed by atoms with Crippen molar-refractivity contribution in [3.63, 3.8) is 0 Å². The number of nitrogens with zero attached hydrogens (tertiary/aromatic N) is 2. The second kappa shape index (κ2) is 11.9. The summed E-state index contributed by atoms with van der Waals surface area (Å²) in [7, 11) is 0.665. The number of aromatic nitrogens is 2. The van der Waals surface area contributed by atoms with E-state index in [9.17, 15) is 9.59 Å². The van der Waals surface area contributed by atoms with Gasteiger partial charge < -0.3 is 28.8 Å². The largest absolute Gasteiger partial charge is 0.467 e. The minimum Gasteiger partial charge on any atom is -0.467 e. The van der Waals surface area contributed by atoms with Crippen molar-refractivity contribution < 1.29 is 28.5 Å². The number of hydrogen-bond acceptors (Lipinski definition) is 7. The van der Waals surface area contributed by atoms with E-state index in [4.69, 9.17) is 18.9 Å². The molecule has 0 bridgehead atoms. The van der Waals surface area contributed by atoms with Crippen LogP contribution in [0.2, 0.25) is 0 Å². The van der Waals surface area contributed by atoms with Gasteiger partial charge in [0.1, 0.15) is 29.5 Å². The number of rotatable bonds is 10. The Morgan fingerprint density at radius 1 is 1.08 bits per heavy atom. The third-order valence-electron chi connectivity index (χ3n) is 5.23. The summed E-state index contributed by atoms with van der Waals surface area (Å²) >= 11 is 0. The molecule has 1 N–H and O–H groups in total. The minimum atomic E-state index is -1.02. The molecule has 3 rings (SSSR count). The zero-order valence-electron chi connectivity index (χ0n) is 22.6. The summed E-state index contributed by atoms with van der Waals surface area (Å²) in [6.07, 6.45) is 9.72. The monoisotopic (exact) mass is 531 g/mol. The van der Waals surface area contributed by atoms with Crippen LogP contribution in [0, 0.1) is 0 Å². The molecular formula is C27H37N3O6S. The van der Waals surface area contributed by atoms with Crippen LogP contribution in [0.5, 0.6) is 11.5 Å². The lowest BCUT2D eigenvalue weighted by atomic mass is 10.1. The van der Waals surface area contributed by atoms with Crippen molar-refractivity contribution in [2.45, 2.75) is 39.1 Å². The average molecular weight is 532 g/mol. The second-order valence-corrected chi connectivity index (χ2v) is 15.0. The predicted octanol–water partition coefficient (Wildman–Crippen LogP) is 5.24. The number of pyridine rings is 1. The van der Waals surface area contributed by atoms with Crippen molar-refractivity contribution in [3.8, 4) is 11.5 Å². The van der Waals surface area contributed by atoms with Crippen LogP contribution < -0.4 is 10.1 Å². The minimum absolute atomic E-state index is 0.420. The average Bonchev–Trinajstić information content (AvgIpc) is 3.23. The molecule has 0 aliphatic heterocycles. The number of nitrogens with one attached hydrogen (secondary N) is 1. The first-order valence-electron chi connectivity index (χ1n) is 11.9. The zero-order chi connectivity index (χ0) is 27.2. The molecule has 1 amide bonds. The van der Waals surface area contributed by atoms with Crippen molar-refractivity contribution in [3.05, 3.63) is 54.4 Å². The molecule has 0 aliphatic carbocycles. The summed E-state index contributed by atoms with van der Waals surface area (Å²) < 4.78 is 24.1. The van der Waals surface area contributed by atoms with Gasteiger partial charge in [-0.2, -0.15) is 0 Å². The Hall–Kier alpha value is -3.24. The molecule has 2 aromatic heterocycles. The molecule has 37 heavy (non-hydrogen) atoms. The van der Waals surface area contributed by atoms with Crippen LogP contribution in [0.25, 0.3) is 11.0 Å². The molecule has 202 valence electrons. The van der Waals surface area contributed by atoms with Crippen molar-refractivity contribution in [1.29, 1.82) is 0 Å². The van der Waals surface area contributed by atoms with Crippen LogP contribution in [0.3, 0.4) is 0 Å². The zero-order valence-corrected chi connectivity index (χ0v) is 23.4. The van der Waals surface area contributed by atoms with Crippen LogP contribution in [-0.2, 0) is 25.7 Å². The summed E-state index contributed by atoms with van der Waals surface area (Å²) in [6.45, 7) is 6.37. The van der Waals surface area contributed by atoms with Crippen LogP contribution in [0.15, 0.2) is 48.8 Å². The number of ether oxygens (including phenoxy) is 4. The Morgan fingerprint density at radius 2 is 1.78 bits per heavy atom. The molecule has 0 fully saturated rings. The number of hydrogen-bond donors (Lipinski definition) is 1. The molecule has 1 atom stereocenters. The number of esters is 1. The first-order valence-corrected chi connectivity index (χ1v) is 14.9. The topological polar surface area (TPSA) is 101 Å². The highest BCUT2D eigenvalue weighted by molar-refractivity contribution is 8.32. The third-order valence-corrected chi connectivity index (χ3v) is 6.62. The van der Waals surface area contributed by atoms with E-state index in [1.165, 1.54) is 7.11 Å². The highest BCUT2D eigenvalue weighted by Gasteiger charge is 2.26. The summed E-state index contributed by atoms with van der Waals surface area (Å²) in [5.74, 6) is 1.65. The first-order chi connectivity index (χ1) is 17.4. The smallest absolute Gasteiger partial charge is 0.408 e. The number of amides is 1. The molecular weight excluding hydrogens is 494 g/mol. The predicted molar refractivity (Wildman–Crippen MR) is 147 cm³/mol. The van der Waals surface area contributed by atoms with E-state index in [2.05, 4.69) is 29.1 Å². The lowest BCUT2D eigenvalue weighted by Crippen LogP contribution is -2.38. The maximum Gasteiger partial charge on any atom is 0.408 e. The van der Waals surface area contributed by atoms with Gasteiger partial charge in [-0.25, -0.2) is 24.6 Å². The summed E-state index contributed by atoms with van der Waals surface area (Å²) in [4.78, 5) is 29.1. The summed E-state index contributed by atoms with van der Waals surface area (Å²) in [6, 6.07) is 9.57. The Balaban J connectivity index is 1.71. The first kappa shape index (κ1) is 28.3. The van der Waals surface area contributed by atoms with Gasteiger partial charge in [-0.05, 0) is 69.4 Å². The molecule has 3 aromatic rings. The number of benzene rings is 1. The second-order valence-electron chi connectivity index (χ2n) is 10.4. The van der Waals surface area contributed by atoms with E-state index >= 15 is 0 Å². The molecule has 0 spiro atoms. The van der Waals surface area contributed by atoms with E-state index in [-0.39, 0.29) is 0 Å². The van der Waals surface area contributed by atoms with Gasteiger partial charge in [0.15, 0.2) is 6.04 Å². The normalized spacial score (nSPS) is 13.2. The van der Waals surface area contributed by atoms with E-state index in [1.807, 2.05) is 16.8 Å². The van der Waals surface area contributed by atoms with Gasteiger partial charge in [0.2, 0.25) is 0 Å². The molecule has 9 nitrogen and oxygen atoms in total. The van der Waals surface area contributed by atoms with Crippen molar-refractivity contribution >= 4 is 33.1 Å². The van der Waals surface area contributed by atoms with Crippen LogP contribution in [0.1, 0.15) is 32.4 Å². The highest BCUT2D eigenvalue weighted by atomic mass is 32.3. The maximum absolute atomic E-state index is 12.3. The van der Waals surface area contributed by atoms with Gasteiger partial charge >= 0.3 is 12.1 Å². The number of alkyl carbamates (subject to hydrolysis) is 1. The number of carbonyl (C=O) groups is 2. The number of carbonyl (C=O) groups excluding carboxylic acids is 2. The van der Waals surface area contributed by atoms with Gasteiger partial charge in [0, 0.05) is 18.1 Å². The van der Waals surface area contributed by atoms with Gasteiger partial charge in [0.25, 0.3) is 0 Å². The number of fused-ring (bicyclic) bond motifs is 1. The summed E-state index contributed by atoms with van der Waals surface area (Å²) in [5.41, 5.74) is 0.603. The van der Waals surface area contributed by atoms with Gasteiger partial charge in [-0.15, -0.1) is 0 Å². The number of methoxy groups -OCH3 is 1. The molecule has 0 aliphatic rings. The summed E-state index contributed by atoms with van der Waals surface area (Å²) in [5, 5.41) is 3.42. The Kier molecular flexibility index (Phi) is 9.09. The molecule has 10 heteroatoms. The molecule has 0 saturated carbocycles. The lowest BCUT2D eigenvalue weighted by molar-refractivity contribution is -0.143. The Labute approximate surface area is 219 Å². The van der Waals surface area contributed by atoms with Crippen LogP contribution >= 0.6 is 10.0 Å². The standard InChI is InChI=1S/C27H37N3O6S/c1-27(2,3)36-26(32)29-23(25(31)33-4)19-8-10-20(11-9-19)35-22-12-14-28-24-21(22)13-15-30(24)18-34-16-17-37(5,6)7/h8-15,23H,16-18H2,1-7H3,(H,29,32). The van der Waals surface area contributed by atoms with Gasteiger partial charge in [0.05, 0.1) is 19.1 Å². The van der Waals surface area contributed by atoms with Gasteiger partial charge in [-0.3, -0.25) is 0 Å². The quantitative estimate of drug-likeness (QED) is 0.282. The van der Waals surface area contributed by atoms with E-state index in [1.54, 1.807) is 57.3 Å². The van der Waals surface area contributed by atoms with E-state index in [0.717, 1.165) is 16.8 Å². The lowest BCUT2D eigenvalue weighted by Gasteiger charge is -2.24.